The van der Waals surface area contributed by atoms with Gasteiger partial charge in [0.2, 0.25) is 0 Å². The molecule has 3 atom stereocenters. The number of hydrogen-bond acceptors (Lipinski definition) is 8. The Kier molecular flexibility index (Phi) is 7.47. The van der Waals surface area contributed by atoms with Crippen molar-refractivity contribution in [1.82, 2.24) is 25.3 Å². The molecule has 0 spiro atoms. The van der Waals surface area contributed by atoms with Crippen molar-refractivity contribution in [2.45, 2.75) is 57.5 Å². The molecular weight excluding hydrogens is 474 g/mol. The Labute approximate surface area is 227 Å². The first-order chi connectivity index (χ1) is 18.5. The molecule has 4 aliphatic heterocycles. The van der Waals surface area contributed by atoms with Gasteiger partial charge in [-0.05, 0) is 95.2 Å². The molecular formula is C30H45N7O. The molecule has 0 radical (unpaired) electrons. The van der Waals surface area contributed by atoms with Crippen LogP contribution in [-0.2, 0) is 0 Å². The number of phenolic OH excluding ortho intramolecular Hbond substituents is 1. The zero-order valence-corrected chi connectivity index (χ0v) is 23.2. The molecule has 8 heteroatoms. The molecule has 0 bridgehead atoms. The smallest absolute Gasteiger partial charge is 0.172 e. The van der Waals surface area contributed by atoms with Gasteiger partial charge in [-0.1, -0.05) is 19.1 Å². The summed E-state index contributed by atoms with van der Waals surface area (Å²) in [5.74, 6) is 2.73. The molecule has 0 saturated carbocycles. The maximum Gasteiger partial charge on any atom is 0.172 e. The number of aromatic nitrogens is 2. The first-order valence-electron chi connectivity index (χ1n) is 14.8. The molecule has 5 heterocycles. The van der Waals surface area contributed by atoms with E-state index in [0.717, 1.165) is 54.9 Å². The summed E-state index contributed by atoms with van der Waals surface area (Å²) < 4.78 is 0. The van der Waals surface area contributed by atoms with Gasteiger partial charge >= 0.3 is 0 Å². The van der Waals surface area contributed by atoms with Crippen molar-refractivity contribution in [2.75, 3.05) is 69.1 Å². The Balaban J connectivity index is 1.08. The molecule has 3 fully saturated rings. The number of anilines is 2. The molecule has 1 aromatic carbocycles. The van der Waals surface area contributed by atoms with Crippen LogP contribution in [-0.4, -0.2) is 95.6 Å². The summed E-state index contributed by atoms with van der Waals surface area (Å²) in [6, 6.07) is 10.1. The van der Waals surface area contributed by atoms with Crippen LogP contribution in [0.3, 0.4) is 0 Å². The molecule has 3 N–H and O–H groups in total. The number of likely N-dealkylation sites (tertiary alicyclic amines) is 1. The number of rotatable bonds is 6. The number of para-hydroxylation sites is 1. The lowest BCUT2D eigenvalue weighted by Crippen LogP contribution is -2.68. The number of nitrogens with one attached hydrogen (secondary N) is 2. The second kappa shape index (κ2) is 11.0. The van der Waals surface area contributed by atoms with E-state index in [1.807, 2.05) is 18.2 Å². The summed E-state index contributed by atoms with van der Waals surface area (Å²) in [5.41, 5.74) is 2.54. The van der Waals surface area contributed by atoms with Crippen LogP contribution in [0.25, 0.3) is 11.3 Å². The normalized spacial score (nSPS) is 28.9. The molecule has 2 unspecified atom stereocenters. The largest absolute Gasteiger partial charge is 0.507 e. The summed E-state index contributed by atoms with van der Waals surface area (Å²) in [6.07, 6.45) is 6.77. The maximum absolute atomic E-state index is 10.4. The van der Waals surface area contributed by atoms with E-state index in [1.165, 1.54) is 64.8 Å². The van der Waals surface area contributed by atoms with Gasteiger partial charge in [-0.25, -0.2) is 0 Å². The molecule has 2 aromatic rings. The van der Waals surface area contributed by atoms with Crippen molar-refractivity contribution in [3.8, 4) is 17.0 Å². The van der Waals surface area contributed by atoms with Gasteiger partial charge in [0.15, 0.2) is 5.82 Å². The van der Waals surface area contributed by atoms with Gasteiger partial charge < -0.3 is 25.5 Å². The van der Waals surface area contributed by atoms with Crippen molar-refractivity contribution in [3.63, 3.8) is 0 Å². The zero-order chi connectivity index (χ0) is 26.1. The van der Waals surface area contributed by atoms with E-state index in [0.29, 0.717) is 12.0 Å². The van der Waals surface area contributed by atoms with Crippen molar-refractivity contribution < 1.29 is 5.11 Å². The highest BCUT2D eigenvalue weighted by molar-refractivity contribution is 5.77. The summed E-state index contributed by atoms with van der Waals surface area (Å²) in [4.78, 5) is 8.05. The van der Waals surface area contributed by atoms with Gasteiger partial charge in [0.1, 0.15) is 5.75 Å². The highest BCUT2D eigenvalue weighted by atomic mass is 16.3. The standard InChI is InChI=1S/C30H45N7O/c1-22-19-35(14-5-6-23-9-12-31-13-10-23)15-11-26(22)36-16-17-37-27-18-25(24-7-3-4-8-28(24)38)33-34-29(27)32-20-30(37,2)21-36/h3-4,7-8,18,22-23,26,31,38H,5-6,9-17,19-21H2,1-2H3,(H,32,34)/t22?,26?,30-/m0/s1. The SMILES string of the molecule is CC1CN(CCCC2CCNCC2)CCC1N1CCN2c3cc(-c4ccccc4O)nnc3NC[C@@]2(C)C1. The Hall–Kier alpha value is -2.42. The Morgan fingerprint density at radius 2 is 1.92 bits per heavy atom. The topological polar surface area (TPSA) is 79.8 Å². The summed E-state index contributed by atoms with van der Waals surface area (Å²) in [7, 11) is 0. The second-order valence-corrected chi connectivity index (χ2v) is 12.4. The van der Waals surface area contributed by atoms with E-state index in [1.54, 1.807) is 6.07 Å². The van der Waals surface area contributed by atoms with Gasteiger partial charge in [-0.2, -0.15) is 0 Å². The Morgan fingerprint density at radius 1 is 1.08 bits per heavy atom. The van der Waals surface area contributed by atoms with Crippen LogP contribution in [0.15, 0.2) is 30.3 Å². The van der Waals surface area contributed by atoms with Crippen LogP contribution >= 0.6 is 0 Å². The molecule has 4 aliphatic rings. The monoisotopic (exact) mass is 519 g/mol. The third kappa shape index (κ3) is 5.23. The van der Waals surface area contributed by atoms with Crippen LogP contribution < -0.4 is 15.5 Å². The first kappa shape index (κ1) is 25.8. The maximum atomic E-state index is 10.4. The summed E-state index contributed by atoms with van der Waals surface area (Å²) in [5, 5.41) is 26.4. The van der Waals surface area contributed by atoms with E-state index in [4.69, 9.17) is 0 Å². The Morgan fingerprint density at radius 3 is 2.74 bits per heavy atom. The van der Waals surface area contributed by atoms with Crippen molar-refractivity contribution in [3.05, 3.63) is 30.3 Å². The summed E-state index contributed by atoms with van der Waals surface area (Å²) in [6.45, 7) is 15.0. The van der Waals surface area contributed by atoms with Crippen molar-refractivity contribution in [2.24, 2.45) is 11.8 Å². The average Bonchev–Trinajstić information content (AvgIpc) is 2.93. The number of nitrogens with zero attached hydrogens (tertiary/aromatic N) is 5. The fraction of sp³-hybridized carbons (Fsp3) is 0.667. The molecule has 3 saturated heterocycles. The second-order valence-electron chi connectivity index (χ2n) is 12.4. The molecule has 206 valence electrons. The average molecular weight is 520 g/mol. The number of piperidine rings is 2. The third-order valence-corrected chi connectivity index (χ3v) is 9.65. The number of aromatic hydroxyl groups is 1. The first-order valence-corrected chi connectivity index (χ1v) is 14.8. The van der Waals surface area contributed by atoms with Crippen LogP contribution in [0.1, 0.15) is 46.0 Å². The molecule has 6 rings (SSSR count). The Bertz CT molecular complexity index is 1110. The van der Waals surface area contributed by atoms with Gasteiger partial charge in [0, 0.05) is 44.3 Å². The van der Waals surface area contributed by atoms with Crippen LogP contribution in [0.4, 0.5) is 11.5 Å². The predicted molar refractivity (Wildman–Crippen MR) is 154 cm³/mol. The van der Waals surface area contributed by atoms with Crippen LogP contribution in [0, 0.1) is 11.8 Å². The van der Waals surface area contributed by atoms with Crippen molar-refractivity contribution in [1.29, 1.82) is 0 Å². The number of benzene rings is 1. The lowest BCUT2D eigenvalue weighted by atomic mass is 9.87. The number of piperazine rings is 1. The predicted octanol–water partition coefficient (Wildman–Crippen LogP) is 3.65. The summed E-state index contributed by atoms with van der Waals surface area (Å²) >= 11 is 0. The van der Waals surface area contributed by atoms with Crippen molar-refractivity contribution >= 4 is 11.5 Å². The van der Waals surface area contributed by atoms with E-state index in [2.05, 4.69) is 55.4 Å². The van der Waals surface area contributed by atoms with Gasteiger partial charge in [0.05, 0.1) is 16.9 Å². The van der Waals surface area contributed by atoms with Gasteiger partial charge in [-0.15, -0.1) is 10.2 Å². The number of phenols is 1. The molecule has 0 aliphatic carbocycles. The van der Waals surface area contributed by atoms with E-state index >= 15 is 0 Å². The molecule has 1 aromatic heterocycles. The van der Waals surface area contributed by atoms with Crippen LogP contribution in [0.5, 0.6) is 5.75 Å². The number of fused-ring (bicyclic) bond motifs is 3. The van der Waals surface area contributed by atoms with Crippen LogP contribution in [0.2, 0.25) is 0 Å². The third-order valence-electron chi connectivity index (χ3n) is 9.65. The fourth-order valence-corrected chi connectivity index (χ4v) is 7.49. The molecule has 0 amide bonds. The highest BCUT2D eigenvalue weighted by Crippen LogP contribution is 2.40. The lowest BCUT2D eigenvalue weighted by molar-refractivity contribution is 0.0380. The van der Waals surface area contributed by atoms with E-state index in [9.17, 15) is 5.11 Å². The lowest BCUT2D eigenvalue weighted by Gasteiger charge is -2.56. The zero-order valence-electron chi connectivity index (χ0n) is 23.2. The molecule has 38 heavy (non-hydrogen) atoms. The highest BCUT2D eigenvalue weighted by Gasteiger charge is 2.45. The van der Waals surface area contributed by atoms with E-state index < -0.39 is 0 Å². The fourth-order valence-electron chi connectivity index (χ4n) is 7.49. The van der Waals surface area contributed by atoms with E-state index in [-0.39, 0.29) is 11.3 Å². The minimum absolute atomic E-state index is 0.00397. The van der Waals surface area contributed by atoms with Gasteiger partial charge in [-0.3, -0.25) is 4.90 Å². The quantitative estimate of drug-likeness (QED) is 0.534. The number of hydrogen-bond donors (Lipinski definition) is 3. The van der Waals surface area contributed by atoms with Gasteiger partial charge in [0.25, 0.3) is 0 Å². The minimum Gasteiger partial charge on any atom is -0.507 e. The minimum atomic E-state index is -0.00397. The molecule has 8 nitrogen and oxygen atoms in total.